The molecule has 20 heavy (non-hydrogen) atoms. The van der Waals surface area contributed by atoms with Gasteiger partial charge >= 0.3 is 5.97 Å². The van der Waals surface area contributed by atoms with Gasteiger partial charge in [0.05, 0.1) is 12.7 Å². The second-order valence-electron chi connectivity index (χ2n) is 4.52. The van der Waals surface area contributed by atoms with Crippen molar-refractivity contribution in [1.29, 1.82) is 0 Å². The Balaban J connectivity index is 2.85. The van der Waals surface area contributed by atoms with Crippen molar-refractivity contribution in [2.75, 3.05) is 20.3 Å². The van der Waals surface area contributed by atoms with E-state index in [1.54, 1.807) is 19.2 Å². The molecule has 0 heterocycles. The summed E-state index contributed by atoms with van der Waals surface area (Å²) in [5.74, 6) is -0.0681. The Hall–Kier alpha value is -1.75. The number of methoxy groups -OCH3 is 1. The predicted octanol–water partition coefficient (Wildman–Crippen LogP) is 2.98. The van der Waals surface area contributed by atoms with E-state index in [0.717, 1.165) is 6.42 Å². The number of hydrogen-bond donors (Lipinski definition) is 1. The first-order valence-electron chi connectivity index (χ1n) is 6.74. The quantitative estimate of drug-likeness (QED) is 0.754. The lowest BCUT2D eigenvalue weighted by atomic mass is 10.2. The molecule has 1 atom stereocenters. The van der Waals surface area contributed by atoms with Gasteiger partial charge in [-0.25, -0.2) is 4.79 Å². The zero-order chi connectivity index (χ0) is 15.0. The van der Waals surface area contributed by atoms with Gasteiger partial charge in [0.2, 0.25) is 0 Å². The van der Waals surface area contributed by atoms with Crippen LogP contribution in [0.4, 0.5) is 0 Å². The largest absolute Gasteiger partial charge is 0.493 e. The lowest BCUT2D eigenvalue weighted by Gasteiger charge is -2.17. The van der Waals surface area contributed by atoms with Crippen LogP contribution in [-0.2, 0) is 4.74 Å². The van der Waals surface area contributed by atoms with E-state index in [0.29, 0.717) is 31.1 Å². The molecular formula is C15H22O5. The van der Waals surface area contributed by atoms with Crippen molar-refractivity contribution in [2.24, 2.45) is 0 Å². The van der Waals surface area contributed by atoms with Gasteiger partial charge in [0.1, 0.15) is 17.1 Å². The summed E-state index contributed by atoms with van der Waals surface area (Å²) >= 11 is 0. The molecule has 0 aliphatic rings. The lowest BCUT2D eigenvalue weighted by Crippen LogP contribution is -2.16. The van der Waals surface area contributed by atoms with Gasteiger partial charge in [-0.3, -0.25) is 0 Å². The van der Waals surface area contributed by atoms with E-state index in [1.165, 1.54) is 6.07 Å². The molecular weight excluding hydrogens is 260 g/mol. The fraction of sp³-hybridized carbons (Fsp3) is 0.533. The number of ether oxygens (including phenoxy) is 3. The van der Waals surface area contributed by atoms with Crippen molar-refractivity contribution in [2.45, 2.75) is 32.8 Å². The maximum absolute atomic E-state index is 11.2. The van der Waals surface area contributed by atoms with Gasteiger partial charge in [-0.05, 0) is 25.5 Å². The van der Waals surface area contributed by atoms with E-state index in [1.807, 2.05) is 13.8 Å². The first kappa shape index (κ1) is 16.3. The summed E-state index contributed by atoms with van der Waals surface area (Å²) in [5.41, 5.74) is 0.137. The standard InChI is InChI=1S/C15H22O5/c1-4-8-19-12-5-6-13(15(16)17)14(10-12)20-11(2)7-9-18-3/h5-6,10-11H,4,7-9H2,1-3H3,(H,16,17). The lowest BCUT2D eigenvalue weighted by molar-refractivity contribution is 0.0687. The fourth-order valence-electron chi connectivity index (χ4n) is 1.65. The van der Waals surface area contributed by atoms with Crippen molar-refractivity contribution < 1.29 is 24.1 Å². The van der Waals surface area contributed by atoms with Crippen molar-refractivity contribution >= 4 is 5.97 Å². The first-order chi connectivity index (χ1) is 9.58. The van der Waals surface area contributed by atoms with Gasteiger partial charge in [-0.1, -0.05) is 6.92 Å². The van der Waals surface area contributed by atoms with Crippen LogP contribution in [0.3, 0.4) is 0 Å². The molecule has 0 saturated heterocycles. The SMILES string of the molecule is CCCOc1ccc(C(=O)O)c(OC(C)CCOC)c1. The average molecular weight is 282 g/mol. The highest BCUT2D eigenvalue weighted by atomic mass is 16.5. The molecule has 1 rings (SSSR count). The topological polar surface area (TPSA) is 65.0 Å². The number of carbonyl (C=O) groups is 1. The van der Waals surface area contributed by atoms with Crippen LogP contribution < -0.4 is 9.47 Å². The van der Waals surface area contributed by atoms with Crippen LogP contribution in [0.25, 0.3) is 0 Å². The third kappa shape index (κ3) is 5.09. The summed E-state index contributed by atoms with van der Waals surface area (Å²) in [6, 6.07) is 4.78. The van der Waals surface area contributed by atoms with E-state index in [-0.39, 0.29) is 11.7 Å². The minimum absolute atomic E-state index is 0.130. The molecule has 0 fully saturated rings. The summed E-state index contributed by atoms with van der Waals surface area (Å²) in [6.07, 6.45) is 1.45. The molecule has 0 radical (unpaired) electrons. The Labute approximate surface area is 119 Å². The molecule has 0 aliphatic heterocycles. The van der Waals surface area contributed by atoms with Gasteiger partial charge in [0, 0.05) is 26.2 Å². The number of carboxylic acids is 1. The van der Waals surface area contributed by atoms with E-state index < -0.39 is 5.97 Å². The van der Waals surface area contributed by atoms with Gasteiger partial charge in [0.25, 0.3) is 0 Å². The highest BCUT2D eigenvalue weighted by molar-refractivity contribution is 5.91. The molecule has 0 saturated carbocycles. The minimum atomic E-state index is -1.01. The highest BCUT2D eigenvalue weighted by Crippen LogP contribution is 2.26. The molecule has 0 bridgehead atoms. The number of rotatable bonds is 9. The van der Waals surface area contributed by atoms with Crippen LogP contribution in [0, 0.1) is 0 Å². The van der Waals surface area contributed by atoms with Gasteiger partial charge < -0.3 is 19.3 Å². The molecule has 5 heteroatoms. The van der Waals surface area contributed by atoms with Crippen molar-refractivity contribution in [3.63, 3.8) is 0 Å². The number of aromatic carboxylic acids is 1. The molecule has 5 nitrogen and oxygen atoms in total. The summed E-state index contributed by atoms with van der Waals surface area (Å²) in [7, 11) is 1.62. The number of benzene rings is 1. The third-order valence-electron chi connectivity index (χ3n) is 2.71. The molecule has 0 aromatic heterocycles. The van der Waals surface area contributed by atoms with Gasteiger partial charge in [0.15, 0.2) is 0 Å². The summed E-state index contributed by atoms with van der Waals surface area (Å²) in [4.78, 5) is 11.2. The van der Waals surface area contributed by atoms with Crippen LogP contribution >= 0.6 is 0 Å². The Kier molecular flexibility index (Phi) is 6.87. The van der Waals surface area contributed by atoms with E-state index in [2.05, 4.69) is 0 Å². The Morgan fingerprint density at radius 2 is 2.10 bits per heavy atom. The maximum Gasteiger partial charge on any atom is 0.339 e. The molecule has 1 unspecified atom stereocenters. The van der Waals surface area contributed by atoms with E-state index >= 15 is 0 Å². The van der Waals surface area contributed by atoms with E-state index in [9.17, 15) is 9.90 Å². The molecule has 1 aromatic carbocycles. The molecule has 1 aromatic rings. The van der Waals surface area contributed by atoms with Crippen LogP contribution in [0.15, 0.2) is 18.2 Å². The average Bonchev–Trinajstić information content (AvgIpc) is 2.42. The van der Waals surface area contributed by atoms with Crippen molar-refractivity contribution in [3.05, 3.63) is 23.8 Å². The minimum Gasteiger partial charge on any atom is -0.493 e. The second-order valence-corrected chi connectivity index (χ2v) is 4.52. The Bertz CT molecular complexity index is 430. The zero-order valence-electron chi connectivity index (χ0n) is 12.2. The van der Waals surface area contributed by atoms with Crippen molar-refractivity contribution in [1.82, 2.24) is 0 Å². The van der Waals surface area contributed by atoms with E-state index in [4.69, 9.17) is 14.2 Å². The van der Waals surface area contributed by atoms with Crippen LogP contribution in [0.1, 0.15) is 37.0 Å². The molecule has 1 N–H and O–H groups in total. The molecule has 112 valence electrons. The third-order valence-corrected chi connectivity index (χ3v) is 2.71. The van der Waals surface area contributed by atoms with Gasteiger partial charge in [-0.15, -0.1) is 0 Å². The number of hydrogen-bond acceptors (Lipinski definition) is 4. The zero-order valence-corrected chi connectivity index (χ0v) is 12.2. The Morgan fingerprint density at radius 1 is 1.35 bits per heavy atom. The van der Waals surface area contributed by atoms with Crippen LogP contribution in [0.5, 0.6) is 11.5 Å². The van der Waals surface area contributed by atoms with Crippen molar-refractivity contribution in [3.8, 4) is 11.5 Å². The molecule has 0 amide bonds. The fourth-order valence-corrected chi connectivity index (χ4v) is 1.65. The molecule has 0 spiro atoms. The molecule has 0 aliphatic carbocycles. The first-order valence-corrected chi connectivity index (χ1v) is 6.74. The monoisotopic (exact) mass is 282 g/mol. The Morgan fingerprint density at radius 3 is 2.70 bits per heavy atom. The maximum atomic E-state index is 11.2. The highest BCUT2D eigenvalue weighted by Gasteiger charge is 2.15. The van der Waals surface area contributed by atoms with Crippen LogP contribution in [-0.4, -0.2) is 37.5 Å². The van der Waals surface area contributed by atoms with Gasteiger partial charge in [-0.2, -0.15) is 0 Å². The van der Waals surface area contributed by atoms with Crippen LogP contribution in [0.2, 0.25) is 0 Å². The summed E-state index contributed by atoms with van der Waals surface area (Å²) in [5, 5.41) is 9.18. The summed E-state index contributed by atoms with van der Waals surface area (Å²) < 4.78 is 16.2. The smallest absolute Gasteiger partial charge is 0.339 e. The predicted molar refractivity (Wildman–Crippen MR) is 75.8 cm³/mol. The summed E-state index contributed by atoms with van der Waals surface area (Å²) in [6.45, 7) is 5.04. The number of carboxylic acid groups (broad SMARTS) is 1. The second kappa shape index (κ2) is 8.43. The normalized spacial score (nSPS) is 11.9.